The number of nitriles is 1. The van der Waals surface area contributed by atoms with Crippen molar-refractivity contribution in [1.29, 1.82) is 5.26 Å². The number of terminal acetylenes is 1. The van der Waals surface area contributed by atoms with E-state index in [-0.39, 0.29) is 12.4 Å². The van der Waals surface area contributed by atoms with Gasteiger partial charge in [0.05, 0.1) is 21.8 Å². The Morgan fingerprint density at radius 2 is 2.12 bits per heavy atom. The summed E-state index contributed by atoms with van der Waals surface area (Å²) in [5.74, 6) is 3.16. The van der Waals surface area contributed by atoms with E-state index in [4.69, 9.17) is 15.9 Å². The van der Waals surface area contributed by atoms with Gasteiger partial charge in [-0.05, 0) is 71.0 Å². The molecule has 0 aliphatic rings. The van der Waals surface area contributed by atoms with Crippen molar-refractivity contribution in [3.8, 4) is 29.9 Å². The third-order valence-corrected chi connectivity index (χ3v) is 4.00. The van der Waals surface area contributed by atoms with E-state index in [0.29, 0.717) is 29.2 Å². The van der Waals surface area contributed by atoms with Gasteiger partial charge in [0.1, 0.15) is 12.4 Å². The first kappa shape index (κ1) is 18.8. The van der Waals surface area contributed by atoms with Gasteiger partial charge >= 0.3 is 0 Å². The molecular weight excluding hydrogens is 432 g/mol. The zero-order valence-electron chi connectivity index (χ0n) is 13.6. The minimum Gasteiger partial charge on any atom is -0.490 e. The van der Waals surface area contributed by atoms with Gasteiger partial charge in [-0.1, -0.05) is 18.1 Å². The lowest BCUT2D eigenvalue weighted by Crippen LogP contribution is -2.01. The van der Waals surface area contributed by atoms with Crippen LogP contribution >= 0.6 is 22.6 Å². The van der Waals surface area contributed by atoms with Gasteiger partial charge in [-0.2, -0.15) is 5.26 Å². The SMILES string of the molecule is C#CCOc1c(I)cc(/C=C(/C#N)c2cccc(F)c2)cc1OCC. The summed E-state index contributed by atoms with van der Waals surface area (Å²) in [6, 6.07) is 11.7. The molecule has 0 aliphatic carbocycles. The van der Waals surface area contributed by atoms with E-state index in [1.54, 1.807) is 24.3 Å². The summed E-state index contributed by atoms with van der Waals surface area (Å²) in [4.78, 5) is 0. The lowest BCUT2D eigenvalue weighted by atomic mass is 10.0. The van der Waals surface area contributed by atoms with Gasteiger partial charge in [-0.25, -0.2) is 4.39 Å². The molecule has 0 saturated carbocycles. The van der Waals surface area contributed by atoms with E-state index in [0.717, 1.165) is 9.13 Å². The topological polar surface area (TPSA) is 42.2 Å². The van der Waals surface area contributed by atoms with Crippen molar-refractivity contribution in [1.82, 2.24) is 0 Å². The monoisotopic (exact) mass is 447 g/mol. The fourth-order valence-electron chi connectivity index (χ4n) is 2.19. The first-order chi connectivity index (χ1) is 12.1. The third kappa shape index (κ3) is 4.98. The van der Waals surface area contributed by atoms with E-state index >= 15 is 0 Å². The Labute approximate surface area is 160 Å². The summed E-state index contributed by atoms with van der Waals surface area (Å²) in [6.45, 7) is 2.47. The summed E-state index contributed by atoms with van der Waals surface area (Å²) < 4.78 is 25.4. The molecular formula is C20H15FINO2. The van der Waals surface area contributed by atoms with Gasteiger partial charge < -0.3 is 9.47 Å². The molecule has 0 radical (unpaired) electrons. The summed E-state index contributed by atoms with van der Waals surface area (Å²) in [6.07, 6.45) is 6.93. The first-order valence-electron chi connectivity index (χ1n) is 7.49. The molecule has 2 rings (SSSR count). The summed E-state index contributed by atoms with van der Waals surface area (Å²) in [5, 5.41) is 9.42. The second kappa shape index (κ2) is 9.10. The number of rotatable bonds is 6. The van der Waals surface area contributed by atoms with Crippen molar-refractivity contribution in [2.45, 2.75) is 6.92 Å². The number of hydrogen-bond acceptors (Lipinski definition) is 3. The quantitative estimate of drug-likeness (QED) is 0.274. The van der Waals surface area contributed by atoms with Crippen molar-refractivity contribution in [2.24, 2.45) is 0 Å². The second-order valence-corrected chi connectivity index (χ2v) is 6.10. The van der Waals surface area contributed by atoms with Crippen LogP contribution in [0.2, 0.25) is 0 Å². The average molecular weight is 447 g/mol. The Kier molecular flexibility index (Phi) is 6.85. The number of halogens is 2. The highest BCUT2D eigenvalue weighted by Gasteiger charge is 2.12. The molecule has 0 spiro atoms. The predicted molar refractivity (Wildman–Crippen MR) is 105 cm³/mol. The molecule has 0 aliphatic heterocycles. The third-order valence-electron chi connectivity index (χ3n) is 3.20. The first-order valence-corrected chi connectivity index (χ1v) is 8.57. The van der Waals surface area contributed by atoms with Crippen LogP contribution in [0.25, 0.3) is 11.6 Å². The van der Waals surface area contributed by atoms with E-state index < -0.39 is 0 Å². The van der Waals surface area contributed by atoms with Crippen molar-refractivity contribution in [3.63, 3.8) is 0 Å². The largest absolute Gasteiger partial charge is 0.490 e. The van der Waals surface area contributed by atoms with E-state index in [2.05, 4.69) is 34.6 Å². The Hall–Kier alpha value is -2.51. The van der Waals surface area contributed by atoms with Crippen LogP contribution in [0.3, 0.4) is 0 Å². The number of nitrogens with zero attached hydrogens (tertiary/aromatic N) is 1. The highest BCUT2D eigenvalue weighted by molar-refractivity contribution is 14.1. The molecule has 0 amide bonds. The Morgan fingerprint density at radius 3 is 2.76 bits per heavy atom. The second-order valence-electron chi connectivity index (χ2n) is 4.94. The van der Waals surface area contributed by atoms with Gasteiger partial charge in [0.25, 0.3) is 0 Å². The maximum atomic E-state index is 13.4. The summed E-state index contributed by atoms with van der Waals surface area (Å²) in [5.41, 5.74) is 1.62. The van der Waals surface area contributed by atoms with Crippen LogP contribution in [0.15, 0.2) is 36.4 Å². The highest BCUT2D eigenvalue weighted by Crippen LogP contribution is 2.35. The van der Waals surface area contributed by atoms with Gasteiger partial charge in [-0.15, -0.1) is 6.42 Å². The van der Waals surface area contributed by atoms with Crippen LogP contribution in [-0.4, -0.2) is 13.2 Å². The minimum absolute atomic E-state index is 0.137. The Morgan fingerprint density at radius 1 is 1.32 bits per heavy atom. The van der Waals surface area contributed by atoms with Crippen molar-refractivity contribution >= 4 is 34.2 Å². The van der Waals surface area contributed by atoms with E-state index in [9.17, 15) is 9.65 Å². The molecule has 0 fully saturated rings. The van der Waals surface area contributed by atoms with Crippen LogP contribution in [0.5, 0.6) is 11.5 Å². The molecule has 3 nitrogen and oxygen atoms in total. The maximum absolute atomic E-state index is 13.4. The van der Waals surface area contributed by atoms with Crippen LogP contribution in [-0.2, 0) is 0 Å². The van der Waals surface area contributed by atoms with Crippen molar-refractivity contribution < 1.29 is 13.9 Å². The molecule has 2 aromatic rings. The van der Waals surface area contributed by atoms with Crippen LogP contribution in [0.1, 0.15) is 18.1 Å². The molecule has 0 unspecified atom stereocenters. The average Bonchev–Trinajstić information content (AvgIpc) is 2.59. The molecule has 2 aromatic carbocycles. The number of allylic oxidation sites excluding steroid dienone is 1. The number of benzene rings is 2. The molecule has 0 atom stereocenters. The van der Waals surface area contributed by atoms with Crippen molar-refractivity contribution in [3.05, 3.63) is 56.9 Å². The van der Waals surface area contributed by atoms with Gasteiger partial charge in [0.15, 0.2) is 11.5 Å². The lowest BCUT2D eigenvalue weighted by molar-refractivity contribution is 0.297. The predicted octanol–water partition coefficient (Wildman–Crippen LogP) is 4.91. The molecule has 0 aromatic heterocycles. The molecule has 0 heterocycles. The highest BCUT2D eigenvalue weighted by atomic mass is 127. The lowest BCUT2D eigenvalue weighted by Gasteiger charge is -2.13. The summed E-state index contributed by atoms with van der Waals surface area (Å²) >= 11 is 2.12. The van der Waals surface area contributed by atoms with E-state index in [1.807, 2.05) is 13.0 Å². The smallest absolute Gasteiger partial charge is 0.175 e. The molecule has 5 heteroatoms. The molecule has 0 saturated heterocycles. The molecule has 0 N–H and O–H groups in total. The minimum atomic E-state index is -0.388. The fourth-order valence-corrected chi connectivity index (χ4v) is 2.97. The Balaban J connectivity index is 2.48. The number of ether oxygens (including phenoxy) is 2. The van der Waals surface area contributed by atoms with E-state index in [1.165, 1.54) is 12.1 Å². The molecule has 25 heavy (non-hydrogen) atoms. The maximum Gasteiger partial charge on any atom is 0.175 e. The van der Waals surface area contributed by atoms with Crippen LogP contribution in [0.4, 0.5) is 4.39 Å². The molecule has 0 bridgehead atoms. The van der Waals surface area contributed by atoms with Crippen molar-refractivity contribution in [2.75, 3.05) is 13.2 Å². The van der Waals surface area contributed by atoms with Crippen LogP contribution in [0, 0.1) is 33.1 Å². The van der Waals surface area contributed by atoms with Gasteiger partial charge in [0.2, 0.25) is 0 Å². The number of hydrogen-bond donors (Lipinski definition) is 0. The van der Waals surface area contributed by atoms with Gasteiger partial charge in [0, 0.05) is 0 Å². The Bertz CT molecular complexity index is 878. The fraction of sp³-hybridized carbons (Fsp3) is 0.150. The molecule has 126 valence electrons. The normalized spacial score (nSPS) is 10.7. The van der Waals surface area contributed by atoms with Gasteiger partial charge in [-0.3, -0.25) is 0 Å². The summed E-state index contributed by atoms with van der Waals surface area (Å²) in [7, 11) is 0. The van der Waals surface area contributed by atoms with Crippen LogP contribution < -0.4 is 9.47 Å². The zero-order chi connectivity index (χ0) is 18.2. The standard InChI is InChI=1S/C20H15FINO2/c1-3-8-25-20-18(22)10-14(11-19(20)24-4-2)9-16(13-23)15-6-5-7-17(21)12-15/h1,5-7,9-12H,4,8H2,2H3/b16-9-. The zero-order valence-corrected chi connectivity index (χ0v) is 15.7.